The van der Waals surface area contributed by atoms with Crippen LogP contribution in [0.3, 0.4) is 0 Å². The molecule has 2 amide bonds. The first kappa shape index (κ1) is 29.0. The van der Waals surface area contributed by atoms with Gasteiger partial charge >= 0.3 is 5.97 Å². The molecule has 0 aliphatic carbocycles. The first-order chi connectivity index (χ1) is 14.6. The van der Waals surface area contributed by atoms with Crippen molar-refractivity contribution in [3.63, 3.8) is 0 Å². The molecule has 0 aromatic carbocycles. The second kappa shape index (κ2) is 17.6. The van der Waals surface area contributed by atoms with Gasteiger partial charge in [0, 0.05) is 31.3 Å². The van der Waals surface area contributed by atoms with Gasteiger partial charge in [-0.15, -0.1) is 0 Å². The fourth-order valence-electron chi connectivity index (χ4n) is 2.35. The minimum Gasteiger partial charge on any atom is -0.480 e. The van der Waals surface area contributed by atoms with Crippen LogP contribution in [0.2, 0.25) is 0 Å². The molecule has 10 heteroatoms. The van der Waals surface area contributed by atoms with Gasteiger partial charge in [0.1, 0.15) is 12.6 Å². The summed E-state index contributed by atoms with van der Waals surface area (Å²) in [5.41, 5.74) is 0. The highest BCUT2D eigenvalue weighted by Gasteiger charge is 2.20. The number of carboxylic acids is 1. The van der Waals surface area contributed by atoms with Crippen molar-refractivity contribution in [1.82, 2.24) is 16.0 Å². The molecule has 0 heterocycles. The third kappa shape index (κ3) is 17.3. The van der Waals surface area contributed by atoms with Gasteiger partial charge in [0.25, 0.3) is 0 Å². The number of Topliss-reactive ketones (excluding diaryl/α,β-unsaturated/α-hetero) is 1. The van der Waals surface area contributed by atoms with Crippen LogP contribution in [-0.4, -0.2) is 80.3 Å². The Morgan fingerprint density at radius 1 is 0.871 bits per heavy atom. The van der Waals surface area contributed by atoms with E-state index >= 15 is 0 Å². The van der Waals surface area contributed by atoms with Crippen molar-refractivity contribution >= 4 is 23.6 Å². The normalized spacial score (nSPS) is 12.1. The summed E-state index contributed by atoms with van der Waals surface area (Å²) < 4.78 is 10.5. The monoisotopic (exact) mass is 445 g/mol. The molecule has 0 aliphatic rings. The number of ketones is 1. The Kier molecular flexibility index (Phi) is 16.5. The van der Waals surface area contributed by atoms with E-state index in [0.29, 0.717) is 32.2 Å². The third-order valence-corrected chi connectivity index (χ3v) is 4.26. The van der Waals surface area contributed by atoms with E-state index in [2.05, 4.69) is 16.0 Å². The van der Waals surface area contributed by atoms with Crippen LogP contribution in [0.25, 0.3) is 0 Å². The van der Waals surface area contributed by atoms with Crippen LogP contribution >= 0.6 is 0 Å². The zero-order chi connectivity index (χ0) is 23.6. The highest BCUT2D eigenvalue weighted by atomic mass is 16.5. The molecule has 180 valence electrons. The second-order valence-electron chi connectivity index (χ2n) is 7.85. The molecule has 0 aromatic heterocycles. The van der Waals surface area contributed by atoms with Gasteiger partial charge in [-0.05, 0) is 19.4 Å². The summed E-state index contributed by atoms with van der Waals surface area (Å²) in [6, 6.07) is -0.772. The Morgan fingerprint density at radius 3 is 2.16 bits per heavy atom. The van der Waals surface area contributed by atoms with Gasteiger partial charge in [-0.25, -0.2) is 4.79 Å². The van der Waals surface area contributed by atoms with Crippen LogP contribution in [0.15, 0.2) is 0 Å². The number of carbonyl (C=O) groups excluding carboxylic acids is 3. The maximum Gasteiger partial charge on any atom is 0.326 e. The molecule has 0 bridgehead atoms. The molecular weight excluding hydrogens is 406 g/mol. The highest BCUT2D eigenvalue weighted by molar-refractivity contribution is 5.84. The number of hydrogen-bond donors (Lipinski definition) is 4. The van der Waals surface area contributed by atoms with Crippen molar-refractivity contribution in [3.05, 3.63) is 0 Å². The van der Waals surface area contributed by atoms with Gasteiger partial charge in [0.15, 0.2) is 5.78 Å². The quantitative estimate of drug-likeness (QED) is 0.210. The van der Waals surface area contributed by atoms with Crippen LogP contribution in [0.1, 0.15) is 53.4 Å². The summed E-state index contributed by atoms with van der Waals surface area (Å²) in [4.78, 5) is 46.4. The molecule has 0 aliphatic heterocycles. The maximum absolute atomic E-state index is 11.9. The topological polar surface area (TPSA) is 143 Å². The number of nitrogens with one attached hydrogen (secondary N) is 3. The van der Waals surface area contributed by atoms with Gasteiger partial charge in [-0.3, -0.25) is 14.4 Å². The number of ether oxygens (including phenoxy) is 2. The molecule has 0 radical (unpaired) electrons. The van der Waals surface area contributed by atoms with Crippen LogP contribution in [0.4, 0.5) is 0 Å². The van der Waals surface area contributed by atoms with Crippen molar-refractivity contribution in [2.24, 2.45) is 5.92 Å². The highest BCUT2D eigenvalue weighted by Crippen LogP contribution is 2.00. The molecule has 0 unspecified atom stereocenters. The molecule has 0 saturated carbocycles. The minimum absolute atomic E-state index is 0.00965. The first-order valence-corrected chi connectivity index (χ1v) is 10.8. The number of aliphatic carboxylic acids is 1. The Morgan fingerprint density at radius 2 is 1.55 bits per heavy atom. The van der Waals surface area contributed by atoms with Crippen LogP contribution in [0.5, 0.6) is 0 Å². The van der Waals surface area contributed by atoms with E-state index in [4.69, 9.17) is 9.47 Å². The predicted octanol–water partition coefficient (Wildman–Crippen LogP) is 0.489. The zero-order valence-corrected chi connectivity index (χ0v) is 19.2. The molecule has 31 heavy (non-hydrogen) atoms. The van der Waals surface area contributed by atoms with Crippen molar-refractivity contribution in [3.8, 4) is 0 Å². The van der Waals surface area contributed by atoms with E-state index < -0.39 is 12.0 Å². The lowest BCUT2D eigenvalue weighted by Crippen LogP contribution is -2.42. The third-order valence-electron chi connectivity index (χ3n) is 4.26. The Hall–Kier alpha value is -2.04. The molecule has 0 saturated heterocycles. The molecule has 0 rings (SSSR count). The van der Waals surface area contributed by atoms with E-state index in [1.807, 2.05) is 27.7 Å². The van der Waals surface area contributed by atoms with Crippen molar-refractivity contribution in [1.29, 1.82) is 0 Å². The van der Waals surface area contributed by atoms with Crippen molar-refractivity contribution in [2.45, 2.75) is 65.5 Å². The van der Waals surface area contributed by atoms with Gasteiger partial charge < -0.3 is 30.5 Å². The van der Waals surface area contributed by atoms with E-state index in [1.54, 1.807) is 0 Å². The van der Waals surface area contributed by atoms with Gasteiger partial charge in [-0.1, -0.05) is 27.7 Å². The lowest BCUT2D eigenvalue weighted by molar-refractivity contribution is -0.142. The number of hydrogen-bond acceptors (Lipinski definition) is 7. The number of carboxylic acid groups (broad SMARTS) is 1. The molecule has 0 aromatic rings. The van der Waals surface area contributed by atoms with Gasteiger partial charge in [-0.2, -0.15) is 0 Å². The van der Waals surface area contributed by atoms with Crippen LogP contribution in [0, 0.1) is 5.92 Å². The second-order valence-corrected chi connectivity index (χ2v) is 7.85. The molecule has 4 N–H and O–H groups in total. The van der Waals surface area contributed by atoms with Crippen molar-refractivity contribution < 1.29 is 33.8 Å². The predicted molar refractivity (Wildman–Crippen MR) is 116 cm³/mol. The summed E-state index contributed by atoms with van der Waals surface area (Å²) in [6.07, 6.45) is 0.820. The average Bonchev–Trinajstić information content (AvgIpc) is 2.69. The minimum atomic E-state index is -1.17. The fraction of sp³-hybridized carbons (Fsp3) is 0.810. The SMILES string of the molecule is CC(C)NCCCC(=O)N[C@@H](CCC(=O)NCCOCCOCC(=O)C(C)C)C(=O)O. The van der Waals surface area contributed by atoms with E-state index in [1.165, 1.54) is 0 Å². The van der Waals surface area contributed by atoms with Crippen LogP contribution < -0.4 is 16.0 Å². The molecule has 10 nitrogen and oxygen atoms in total. The molecule has 0 fully saturated rings. The van der Waals surface area contributed by atoms with Crippen LogP contribution in [-0.2, 0) is 28.7 Å². The zero-order valence-electron chi connectivity index (χ0n) is 19.2. The standard InChI is InChI=1S/C21H39N3O7/c1-15(2)18(25)14-31-13-12-30-11-10-23-19(26)8-7-17(21(28)29)24-20(27)6-5-9-22-16(3)4/h15-17,22H,5-14H2,1-4H3,(H,23,26)(H,24,27)(H,28,29)/t17-/m0/s1. The molecular formula is C21H39N3O7. The Labute approximate surface area is 184 Å². The lowest BCUT2D eigenvalue weighted by Gasteiger charge is -2.15. The maximum atomic E-state index is 11.9. The first-order valence-electron chi connectivity index (χ1n) is 10.8. The van der Waals surface area contributed by atoms with Crippen molar-refractivity contribution in [2.75, 3.05) is 39.5 Å². The molecule has 1 atom stereocenters. The lowest BCUT2D eigenvalue weighted by atomic mass is 10.1. The van der Waals surface area contributed by atoms with E-state index in [-0.39, 0.29) is 62.5 Å². The van der Waals surface area contributed by atoms with Gasteiger partial charge in [0.2, 0.25) is 11.8 Å². The number of carbonyl (C=O) groups is 4. The summed E-state index contributed by atoms with van der Waals surface area (Å²) >= 11 is 0. The smallest absolute Gasteiger partial charge is 0.326 e. The van der Waals surface area contributed by atoms with E-state index in [9.17, 15) is 24.3 Å². The average molecular weight is 446 g/mol. The van der Waals surface area contributed by atoms with Gasteiger partial charge in [0.05, 0.1) is 19.8 Å². The Balaban J connectivity index is 3.86. The largest absolute Gasteiger partial charge is 0.480 e. The Bertz CT molecular complexity index is 553. The molecule has 0 spiro atoms. The van der Waals surface area contributed by atoms with E-state index in [0.717, 1.165) is 0 Å². The fourth-order valence-corrected chi connectivity index (χ4v) is 2.35. The number of amides is 2. The summed E-state index contributed by atoms with van der Waals surface area (Å²) in [7, 11) is 0. The summed E-state index contributed by atoms with van der Waals surface area (Å²) in [5, 5.41) is 17.5. The summed E-state index contributed by atoms with van der Waals surface area (Å²) in [5.74, 6) is -1.85. The summed E-state index contributed by atoms with van der Waals surface area (Å²) in [6.45, 7) is 9.51. The number of rotatable bonds is 19.